The number of nitrogens with one attached hydrogen (secondary N) is 1. The van der Waals surface area contributed by atoms with Gasteiger partial charge in [-0.1, -0.05) is 31.9 Å². The molecule has 1 aromatic carbocycles. The molecule has 1 unspecified atom stereocenters. The van der Waals surface area contributed by atoms with E-state index in [2.05, 4.69) is 12.2 Å². The van der Waals surface area contributed by atoms with Crippen LogP contribution in [0.25, 0.3) is 0 Å². The molecular formula is C15H22FN. The molecule has 2 rings (SSSR count). The molecule has 1 nitrogen and oxygen atoms in total. The van der Waals surface area contributed by atoms with Gasteiger partial charge in [-0.25, -0.2) is 4.39 Å². The first-order chi connectivity index (χ1) is 8.28. The fourth-order valence-electron chi connectivity index (χ4n) is 2.25. The van der Waals surface area contributed by atoms with Gasteiger partial charge in [0.25, 0.3) is 0 Å². The Morgan fingerprint density at radius 1 is 1.29 bits per heavy atom. The van der Waals surface area contributed by atoms with E-state index in [9.17, 15) is 4.39 Å². The Kier molecular flexibility index (Phi) is 4.55. The first kappa shape index (κ1) is 12.6. The topological polar surface area (TPSA) is 12.0 Å². The maximum absolute atomic E-state index is 12.8. The fourth-order valence-corrected chi connectivity index (χ4v) is 2.25. The largest absolute Gasteiger partial charge is 0.314 e. The molecule has 94 valence electrons. The summed E-state index contributed by atoms with van der Waals surface area (Å²) < 4.78 is 12.8. The van der Waals surface area contributed by atoms with Crippen molar-refractivity contribution in [1.82, 2.24) is 5.32 Å². The van der Waals surface area contributed by atoms with Crippen LogP contribution in [0.2, 0.25) is 0 Å². The Labute approximate surface area is 103 Å². The van der Waals surface area contributed by atoms with Gasteiger partial charge in [0.05, 0.1) is 0 Å². The Bertz CT molecular complexity index is 329. The number of rotatable bonds is 7. The lowest BCUT2D eigenvalue weighted by Crippen LogP contribution is -2.32. The number of halogens is 1. The van der Waals surface area contributed by atoms with Crippen molar-refractivity contribution in [2.75, 3.05) is 6.54 Å². The maximum atomic E-state index is 12.8. The van der Waals surface area contributed by atoms with E-state index in [1.54, 1.807) is 12.1 Å². The first-order valence-electron chi connectivity index (χ1n) is 6.75. The minimum absolute atomic E-state index is 0.144. The third kappa shape index (κ3) is 4.47. The van der Waals surface area contributed by atoms with Crippen LogP contribution in [0.5, 0.6) is 0 Å². The molecule has 0 bridgehead atoms. The van der Waals surface area contributed by atoms with Gasteiger partial charge in [0.1, 0.15) is 5.82 Å². The average Bonchev–Trinajstić information content (AvgIpc) is 3.13. The van der Waals surface area contributed by atoms with Gasteiger partial charge < -0.3 is 5.32 Å². The quantitative estimate of drug-likeness (QED) is 0.762. The summed E-state index contributed by atoms with van der Waals surface area (Å²) in [7, 11) is 0. The van der Waals surface area contributed by atoms with Crippen LogP contribution in [0.15, 0.2) is 24.3 Å². The molecule has 1 aromatic rings. The van der Waals surface area contributed by atoms with Crippen molar-refractivity contribution >= 4 is 0 Å². The predicted molar refractivity (Wildman–Crippen MR) is 69.5 cm³/mol. The molecule has 1 atom stereocenters. The van der Waals surface area contributed by atoms with Crippen molar-refractivity contribution in [3.63, 3.8) is 0 Å². The monoisotopic (exact) mass is 235 g/mol. The third-order valence-corrected chi connectivity index (χ3v) is 3.39. The molecule has 0 radical (unpaired) electrons. The van der Waals surface area contributed by atoms with Crippen LogP contribution < -0.4 is 5.32 Å². The van der Waals surface area contributed by atoms with Crippen molar-refractivity contribution in [2.45, 2.75) is 45.1 Å². The molecule has 1 aliphatic carbocycles. The van der Waals surface area contributed by atoms with Crippen molar-refractivity contribution < 1.29 is 4.39 Å². The Morgan fingerprint density at radius 2 is 2.00 bits per heavy atom. The zero-order chi connectivity index (χ0) is 12.1. The van der Waals surface area contributed by atoms with Crippen LogP contribution in [-0.2, 0) is 6.42 Å². The molecule has 0 aromatic heterocycles. The van der Waals surface area contributed by atoms with E-state index in [4.69, 9.17) is 0 Å². The summed E-state index contributed by atoms with van der Waals surface area (Å²) >= 11 is 0. The molecule has 0 heterocycles. The molecule has 1 aliphatic rings. The summed E-state index contributed by atoms with van der Waals surface area (Å²) in [6.07, 6.45) is 6.26. The molecule has 17 heavy (non-hydrogen) atoms. The number of hydrogen-bond acceptors (Lipinski definition) is 1. The van der Waals surface area contributed by atoms with Crippen LogP contribution in [-0.4, -0.2) is 12.6 Å². The highest BCUT2D eigenvalue weighted by Crippen LogP contribution is 2.34. The molecule has 0 amide bonds. The van der Waals surface area contributed by atoms with Crippen LogP contribution in [0.4, 0.5) is 4.39 Å². The van der Waals surface area contributed by atoms with E-state index >= 15 is 0 Å². The standard InChI is InChI=1S/C15H22FN/c1-2-9-17-15(10-12-3-4-12)11-13-5-7-14(16)8-6-13/h5-8,12,15,17H,2-4,9-11H2,1H3. The summed E-state index contributed by atoms with van der Waals surface area (Å²) in [5.41, 5.74) is 1.24. The van der Waals surface area contributed by atoms with E-state index in [1.807, 2.05) is 12.1 Å². The summed E-state index contributed by atoms with van der Waals surface area (Å²) in [5.74, 6) is 0.791. The summed E-state index contributed by atoms with van der Waals surface area (Å²) in [6.45, 7) is 3.28. The van der Waals surface area contributed by atoms with Crippen LogP contribution in [0.1, 0.15) is 38.2 Å². The highest BCUT2D eigenvalue weighted by molar-refractivity contribution is 5.17. The second-order valence-corrected chi connectivity index (χ2v) is 5.16. The summed E-state index contributed by atoms with van der Waals surface area (Å²) in [5, 5.41) is 3.61. The molecular weight excluding hydrogens is 213 g/mol. The Hall–Kier alpha value is -0.890. The SMILES string of the molecule is CCCNC(Cc1ccc(F)cc1)CC1CC1. The van der Waals surface area contributed by atoms with E-state index in [0.29, 0.717) is 6.04 Å². The van der Waals surface area contributed by atoms with E-state index < -0.39 is 0 Å². The van der Waals surface area contributed by atoms with Gasteiger partial charge in [0, 0.05) is 6.04 Å². The molecule has 1 N–H and O–H groups in total. The summed E-state index contributed by atoms with van der Waals surface area (Å²) in [6, 6.07) is 7.49. The smallest absolute Gasteiger partial charge is 0.123 e. The highest BCUT2D eigenvalue weighted by Gasteiger charge is 2.25. The van der Waals surface area contributed by atoms with Gasteiger partial charge in [0.2, 0.25) is 0 Å². The molecule has 0 saturated heterocycles. The third-order valence-electron chi connectivity index (χ3n) is 3.39. The lowest BCUT2D eigenvalue weighted by molar-refractivity contribution is 0.454. The normalized spacial score (nSPS) is 17.1. The lowest BCUT2D eigenvalue weighted by Gasteiger charge is -2.18. The van der Waals surface area contributed by atoms with E-state index in [-0.39, 0.29) is 5.82 Å². The van der Waals surface area contributed by atoms with Crippen molar-refractivity contribution in [1.29, 1.82) is 0 Å². The molecule has 1 saturated carbocycles. The molecule has 0 aliphatic heterocycles. The van der Waals surface area contributed by atoms with Gasteiger partial charge in [-0.3, -0.25) is 0 Å². The second-order valence-electron chi connectivity index (χ2n) is 5.16. The van der Waals surface area contributed by atoms with Crippen LogP contribution >= 0.6 is 0 Å². The van der Waals surface area contributed by atoms with E-state index in [0.717, 1.165) is 18.9 Å². The van der Waals surface area contributed by atoms with E-state index in [1.165, 1.54) is 31.2 Å². The van der Waals surface area contributed by atoms with Crippen molar-refractivity contribution in [2.24, 2.45) is 5.92 Å². The molecule has 1 fully saturated rings. The van der Waals surface area contributed by atoms with Gasteiger partial charge >= 0.3 is 0 Å². The average molecular weight is 235 g/mol. The Morgan fingerprint density at radius 3 is 2.59 bits per heavy atom. The fraction of sp³-hybridized carbons (Fsp3) is 0.600. The van der Waals surface area contributed by atoms with Gasteiger partial charge in [-0.05, 0) is 49.4 Å². The maximum Gasteiger partial charge on any atom is 0.123 e. The predicted octanol–water partition coefficient (Wildman–Crippen LogP) is 3.54. The zero-order valence-corrected chi connectivity index (χ0v) is 10.6. The molecule has 2 heteroatoms. The zero-order valence-electron chi connectivity index (χ0n) is 10.6. The second kappa shape index (κ2) is 6.15. The van der Waals surface area contributed by atoms with Gasteiger partial charge in [-0.2, -0.15) is 0 Å². The Balaban J connectivity index is 1.87. The minimum atomic E-state index is -0.144. The summed E-state index contributed by atoms with van der Waals surface area (Å²) in [4.78, 5) is 0. The number of benzene rings is 1. The first-order valence-corrected chi connectivity index (χ1v) is 6.75. The van der Waals surface area contributed by atoms with Crippen LogP contribution in [0, 0.1) is 11.7 Å². The van der Waals surface area contributed by atoms with Crippen molar-refractivity contribution in [3.8, 4) is 0 Å². The van der Waals surface area contributed by atoms with Gasteiger partial charge in [-0.15, -0.1) is 0 Å². The van der Waals surface area contributed by atoms with Gasteiger partial charge in [0.15, 0.2) is 0 Å². The highest BCUT2D eigenvalue weighted by atomic mass is 19.1. The molecule has 0 spiro atoms. The minimum Gasteiger partial charge on any atom is -0.314 e. The number of hydrogen-bond donors (Lipinski definition) is 1. The lowest BCUT2D eigenvalue weighted by atomic mass is 10.0. The van der Waals surface area contributed by atoms with Crippen molar-refractivity contribution in [3.05, 3.63) is 35.6 Å². The van der Waals surface area contributed by atoms with Crippen LogP contribution in [0.3, 0.4) is 0 Å².